The predicted molar refractivity (Wildman–Crippen MR) is 79.3 cm³/mol. The predicted octanol–water partition coefficient (Wildman–Crippen LogP) is 0.839. The van der Waals surface area contributed by atoms with Gasteiger partial charge in [0, 0.05) is 19.0 Å². The third-order valence-electron chi connectivity index (χ3n) is 3.37. The van der Waals surface area contributed by atoms with E-state index in [0.29, 0.717) is 29.4 Å². The van der Waals surface area contributed by atoms with Crippen molar-refractivity contribution in [2.75, 3.05) is 23.7 Å². The Morgan fingerprint density at radius 3 is 2.55 bits per heavy atom. The first-order valence-electron chi connectivity index (χ1n) is 6.52. The van der Waals surface area contributed by atoms with Crippen molar-refractivity contribution >= 4 is 33.7 Å². The Hall–Kier alpha value is -1.60. The molecule has 0 aliphatic carbocycles. The molecule has 7 heteroatoms. The van der Waals surface area contributed by atoms with Crippen molar-refractivity contribution in [1.29, 1.82) is 0 Å². The fourth-order valence-electron chi connectivity index (χ4n) is 2.26. The number of ketones is 1. The van der Waals surface area contributed by atoms with Crippen molar-refractivity contribution in [3.8, 4) is 0 Å². The summed E-state index contributed by atoms with van der Waals surface area (Å²) in [5.41, 5.74) is 11.7. The Labute approximate surface area is 121 Å². The van der Waals surface area contributed by atoms with Crippen LogP contribution in [-0.4, -0.2) is 36.0 Å². The van der Waals surface area contributed by atoms with Crippen LogP contribution in [0.5, 0.6) is 0 Å². The first kappa shape index (κ1) is 14.8. The minimum Gasteiger partial charge on any atom is -0.397 e. The first-order valence-corrected chi connectivity index (χ1v) is 7.33. The second-order valence-corrected chi connectivity index (χ2v) is 6.30. The molecule has 110 valence electrons. The Balaban J connectivity index is 2.48. The van der Waals surface area contributed by atoms with Crippen LogP contribution in [0.1, 0.15) is 40.3 Å². The fourth-order valence-corrected chi connectivity index (χ4v) is 3.61. The minimum atomic E-state index is -0.641. The molecule has 2 rings (SSSR count). The maximum absolute atomic E-state index is 12.1. The summed E-state index contributed by atoms with van der Waals surface area (Å²) in [4.78, 5) is 26.0. The molecule has 1 aromatic heterocycles. The molecule has 0 bridgehead atoms. The number of nitrogens with two attached hydrogens (primary N) is 2. The number of hydrogen-bond donors (Lipinski definition) is 3. The molecule has 5 N–H and O–H groups in total. The quantitative estimate of drug-likeness (QED) is 0.713. The van der Waals surface area contributed by atoms with Gasteiger partial charge in [-0.1, -0.05) is 13.8 Å². The molecular formula is C13H19N3O3S. The van der Waals surface area contributed by atoms with Crippen molar-refractivity contribution in [3.63, 3.8) is 0 Å². The zero-order valence-electron chi connectivity index (χ0n) is 11.5. The van der Waals surface area contributed by atoms with E-state index in [0.717, 1.165) is 0 Å². The molecule has 1 unspecified atom stereocenters. The second-order valence-electron chi connectivity index (χ2n) is 5.30. The molecule has 1 atom stereocenters. The molecule has 0 aromatic carbocycles. The van der Waals surface area contributed by atoms with E-state index >= 15 is 0 Å². The highest BCUT2D eigenvalue weighted by molar-refractivity contribution is 7.19. The maximum Gasteiger partial charge on any atom is 0.253 e. The van der Waals surface area contributed by atoms with E-state index in [9.17, 15) is 14.7 Å². The zero-order chi connectivity index (χ0) is 15.0. The second kappa shape index (κ2) is 5.41. The van der Waals surface area contributed by atoms with Gasteiger partial charge in [0.25, 0.3) is 5.91 Å². The van der Waals surface area contributed by atoms with Crippen LogP contribution in [0.2, 0.25) is 0 Å². The summed E-state index contributed by atoms with van der Waals surface area (Å²) in [5.74, 6) is -0.937. The highest BCUT2D eigenvalue weighted by Crippen LogP contribution is 2.40. The van der Waals surface area contributed by atoms with Gasteiger partial charge in [-0.25, -0.2) is 0 Å². The van der Waals surface area contributed by atoms with Crippen LogP contribution >= 0.6 is 11.3 Å². The zero-order valence-corrected chi connectivity index (χ0v) is 12.4. The van der Waals surface area contributed by atoms with Gasteiger partial charge in [-0.05, 0) is 6.42 Å². The third kappa shape index (κ3) is 2.51. The lowest BCUT2D eigenvalue weighted by Crippen LogP contribution is -2.24. The number of carbonyl (C=O) groups excluding carboxylic acids is 2. The molecule has 1 amide bonds. The van der Waals surface area contributed by atoms with Gasteiger partial charge in [-0.2, -0.15) is 0 Å². The van der Waals surface area contributed by atoms with Gasteiger partial charge in [0.15, 0.2) is 5.78 Å². The molecule has 1 fully saturated rings. The van der Waals surface area contributed by atoms with Gasteiger partial charge in [0.1, 0.15) is 5.00 Å². The topological polar surface area (TPSA) is 110 Å². The fraction of sp³-hybridized carbons (Fsp3) is 0.538. The molecule has 1 aliphatic heterocycles. The Kier molecular flexibility index (Phi) is 4.01. The highest BCUT2D eigenvalue weighted by atomic mass is 32.1. The number of nitrogen functional groups attached to an aromatic ring is 1. The van der Waals surface area contributed by atoms with E-state index in [1.807, 2.05) is 4.90 Å². The largest absolute Gasteiger partial charge is 0.397 e. The molecule has 20 heavy (non-hydrogen) atoms. The van der Waals surface area contributed by atoms with Crippen LogP contribution in [0.15, 0.2) is 0 Å². The lowest BCUT2D eigenvalue weighted by molar-refractivity contribution is 0.0944. The monoisotopic (exact) mass is 297 g/mol. The molecule has 0 spiro atoms. The van der Waals surface area contributed by atoms with Gasteiger partial charge in [0.2, 0.25) is 0 Å². The molecule has 0 radical (unpaired) electrons. The number of nitrogens with zero attached hydrogens (tertiary/aromatic N) is 1. The van der Waals surface area contributed by atoms with E-state index in [1.165, 1.54) is 11.3 Å². The molecule has 6 nitrogen and oxygen atoms in total. The summed E-state index contributed by atoms with van der Waals surface area (Å²) in [6.45, 7) is 4.61. The average molecular weight is 297 g/mol. The summed E-state index contributed by atoms with van der Waals surface area (Å²) < 4.78 is 0. The lowest BCUT2D eigenvalue weighted by Gasteiger charge is -2.16. The summed E-state index contributed by atoms with van der Waals surface area (Å²) in [6, 6.07) is 0. The number of rotatable bonds is 4. The number of thiophene rings is 1. The van der Waals surface area contributed by atoms with Gasteiger partial charge in [0.05, 0.1) is 22.2 Å². The Morgan fingerprint density at radius 1 is 1.45 bits per heavy atom. The number of Topliss-reactive ketones (excluding diaryl/α,β-unsaturated/α-hetero) is 1. The van der Waals surface area contributed by atoms with E-state index < -0.39 is 12.0 Å². The SMILES string of the molecule is CC(C)C(=O)c1sc(N2CCC(O)C2)c(C(N)=O)c1N. The number of amides is 1. The molecule has 1 saturated heterocycles. The smallest absolute Gasteiger partial charge is 0.253 e. The van der Waals surface area contributed by atoms with Crippen molar-refractivity contribution in [2.24, 2.45) is 11.7 Å². The maximum atomic E-state index is 12.1. The minimum absolute atomic E-state index is 0.0963. The van der Waals surface area contributed by atoms with E-state index in [4.69, 9.17) is 11.5 Å². The van der Waals surface area contributed by atoms with E-state index in [2.05, 4.69) is 0 Å². The summed E-state index contributed by atoms with van der Waals surface area (Å²) >= 11 is 1.19. The van der Waals surface area contributed by atoms with Gasteiger partial charge >= 0.3 is 0 Å². The number of aliphatic hydroxyl groups excluding tert-OH is 1. The van der Waals surface area contributed by atoms with Crippen molar-refractivity contribution < 1.29 is 14.7 Å². The third-order valence-corrected chi connectivity index (χ3v) is 4.65. The molecule has 1 aromatic rings. The van der Waals surface area contributed by atoms with Crippen LogP contribution in [0.3, 0.4) is 0 Å². The van der Waals surface area contributed by atoms with Gasteiger partial charge < -0.3 is 21.5 Å². The van der Waals surface area contributed by atoms with Crippen LogP contribution in [0.4, 0.5) is 10.7 Å². The molecule has 1 aliphatic rings. The Bertz CT molecular complexity index is 553. The molecular weight excluding hydrogens is 278 g/mol. The van der Waals surface area contributed by atoms with Crippen LogP contribution < -0.4 is 16.4 Å². The number of primary amides is 1. The summed E-state index contributed by atoms with van der Waals surface area (Å²) in [7, 11) is 0. The number of β-amino-alcohol motifs (C(OH)–C–C–N with tert-alkyl or cyclic N) is 1. The lowest BCUT2D eigenvalue weighted by atomic mass is 10.1. The molecule has 0 saturated carbocycles. The van der Waals surface area contributed by atoms with E-state index in [-0.39, 0.29) is 23.0 Å². The normalized spacial score (nSPS) is 18.8. The summed E-state index contributed by atoms with van der Waals surface area (Å²) in [6.07, 6.45) is 0.201. The van der Waals surface area contributed by atoms with Crippen LogP contribution in [0, 0.1) is 5.92 Å². The number of aliphatic hydroxyl groups is 1. The van der Waals surface area contributed by atoms with Gasteiger partial charge in [-0.15, -0.1) is 11.3 Å². The molecule has 2 heterocycles. The number of hydrogen-bond acceptors (Lipinski definition) is 6. The van der Waals surface area contributed by atoms with Gasteiger partial charge in [-0.3, -0.25) is 9.59 Å². The number of anilines is 2. The van der Waals surface area contributed by atoms with Crippen LogP contribution in [-0.2, 0) is 0 Å². The average Bonchev–Trinajstić information content (AvgIpc) is 2.91. The van der Waals surface area contributed by atoms with Crippen LogP contribution in [0.25, 0.3) is 0 Å². The van der Waals surface area contributed by atoms with Crippen molar-refractivity contribution in [1.82, 2.24) is 0 Å². The van der Waals surface area contributed by atoms with Crippen molar-refractivity contribution in [3.05, 3.63) is 10.4 Å². The Morgan fingerprint density at radius 2 is 2.10 bits per heavy atom. The summed E-state index contributed by atoms with van der Waals surface area (Å²) in [5, 5.41) is 10.2. The van der Waals surface area contributed by atoms with Crippen molar-refractivity contribution in [2.45, 2.75) is 26.4 Å². The van der Waals surface area contributed by atoms with E-state index in [1.54, 1.807) is 13.8 Å². The standard InChI is InChI=1S/C13H19N3O3S/c1-6(2)10(18)11-9(14)8(12(15)19)13(20-11)16-4-3-7(17)5-16/h6-7,17H,3-5,14H2,1-2H3,(H2,15,19). The highest BCUT2D eigenvalue weighted by Gasteiger charge is 2.31. The number of carbonyl (C=O) groups is 2. The first-order chi connectivity index (χ1) is 9.32.